The maximum Gasteiger partial charge on any atom is 0.339 e. The SMILES string of the molecule is COC(=O)C1OCCc2c(C)cc(OC)cc21. The maximum absolute atomic E-state index is 11.7. The molecule has 0 bridgehead atoms. The predicted octanol–water partition coefficient (Wildman–Crippen LogP) is 1.79. The number of hydrogen-bond acceptors (Lipinski definition) is 4. The number of aryl methyl sites for hydroxylation is 1. The van der Waals surface area contributed by atoms with Crippen LogP contribution in [0, 0.1) is 6.92 Å². The number of fused-ring (bicyclic) bond motifs is 1. The molecule has 0 saturated heterocycles. The molecule has 4 heteroatoms. The Morgan fingerprint density at radius 1 is 1.41 bits per heavy atom. The summed E-state index contributed by atoms with van der Waals surface area (Å²) in [5.74, 6) is 0.374. The van der Waals surface area contributed by atoms with E-state index >= 15 is 0 Å². The maximum atomic E-state index is 11.7. The van der Waals surface area contributed by atoms with Crippen LogP contribution in [0.3, 0.4) is 0 Å². The molecular formula is C13H16O4. The number of ether oxygens (including phenoxy) is 3. The van der Waals surface area contributed by atoms with Crippen LogP contribution in [0.5, 0.6) is 5.75 Å². The molecule has 0 radical (unpaired) electrons. The molecule has 0 aromatic heterocycles. The van der Waals surface area contributed by atoms with Gasteiger partial charge >= 0.3 is 5.97 Å². The first-order valence-corrected chi connectivity index (χ1v) is 5.54. The predicted molar refractivity (Wildman–Crippen MR) is 62.1 cm³/mol. The van der Waals surface area contributed by atoms with E-state index < -0.39 is 6.10 Å². The second-order valence-electron chi connectivity index (χ2n) is 4.04. The Kier molecular flexibility index (Phi) is 3.33. The topological polar surface area (TPSA) is 44.8 Å². The van der Waals surface area contributed by atoms with Crippen molar-refractivity contribution in [1.82, 2.24) is 0 Å². The van der Waals surface area contributed by atoms with E-state index in [2.05, 4.69) is 0 Å². The first-order chi connectivity index (χ1) is 8.17. The van der Waals surface area contributed by atoms with Crippen molar-refractivity contribution in [3.05, 3.63) is 28.8 Å². The highest BCUT2D eigenvalue weighted by atomic mass is 16.6. The van der Waals surface area contributed by atoms with E-state index in [1.165, 1.54) is 7.11 Å². The monoisotopic (exact) mass is 236 g/mol. The third-order valence-electron chi connectivity index (χ3n) is 3.05. The quantitative estimate of drug-likeness (QED) is 0.734. The molecule has 2 rings (SSSR count). The van der Waals surface area contributed by atoms with E-state index in [9.17, 15) is 4.79 Å². The summed E-state index contributed by atoms with van der Waals surface area (Å²) < 4.78 is 15.5. The summed E-state index contributed by atoms with van der Waals surface area (Å²) in [5.41, 5.74) is 3.14. The molecule has 0 aliphatic carbocycles. The second kappa shape index (κ2) is 4.75. The number of benzene rings is 1. The minimum absolute atomic E-state index is 0.362. The summed E-state index contributed by atoms with van der Waals surface area (Å²) in [7, 11) is 2.98. The number of rotatable bonds is 2. The highest BCUT2D eigenvalue weighted by Crippen LogP contribution is 2.33. The average Bonchev–Trinajstić information content (AvgIpc) is 2.37. The Labute approximate surface area is 100 Å². The largest absolute Gasteiger partial charge is 0.497 e. The molecule has 1 atom stereocenters. The molecule has 17 heavy (non-hydrogen) atoms. The van der Waals surface area contributed by atoms with Gasteiger partial charge in [-0.3, -0.25) is 0 Å². The zero-order valence-electron chi connectivity index (χ0n) is 10.3. The number of carbonyl (C=O) groups is 1. The summed E-state index contributed by atoms with van der Waals surface area (Å²) in [4.78, 5) is 11.7. The highest BCUT2D eigenvalue weighted by molar-refractivity contribution is 5.77. The summed E-state index contributed by atoms with van der Waals surface area (Å²) >= 11 is 0. The van der Waals surface area contributed by atoms with Crippen molar-refractivity contribution in [3.8, 4) is 5.75 Å². The van der Waals surface area contributed by atoms with E-state index in [1.54, 1.807) is 7.11 Å². The lowest BCUT2D eigenvalue weighted by Gasteiger charge is -2.26. The lowest BCUT2D eigenvalue weighted by molar-refractivity contribution is -0.155. The summed E-state index contributed by atoms with van der Waals surface area (Å²) in [6.45, 7) is 2.56. The van der Waals surface area contributed by atoms with Crippen molar-refractivity contribution in [3.63, 3.8) is 0 Å². The highest BCUT2D eigenvalue weighted by Gasteiger charge is 2.29. The molecule has 1 heterocycles. The van der Waals surface area contributed by atoms with Crippen molar-refractivity contribution in [2.75, 3.05) is 20.8 Å². The van der Waals surface area contributed by atoms with Gasteiger partial charge in [0.1, 0.15) is 5.75 Å². The molecule has 1 aliphatic rings. The lowest BCUT2D eigenvalue weighted by atomic mass is 9.93. The van der Waals surface area contributed by atoms with Gasteiger partial charge in [0, 0.05) is 0 Å². The van der Waals surface area contributed by atoms with Crippen LogP contribution in [0.1, 0.15) is 22.8 Å². The van der Waals surface area contributed by atoms with Crippen molar-refractivity contribution >= 4 is 5.97 Å². The summed E-state index contributed by atoms with van der Waals surface area (Å²) in [6, 6.07) is 3.82. The normalized spacial score (nSPS) is 18.4. The fourth-order valence-electron chi connectivity index (χ4n) is 2.17. The summed E-state index contributed by atoms with van der Waals surface area (Å²) in [5, 5.41) is 0. The molecule has 0 amide bonds. The van der Waals surface area contributed by atoms with Crippen molar-refractivity contribution in [1.29, 1.82) is 0 Å². The van der Waals surface area contributed by atoms with E-state index in [0.29, 0.717) is 6.61 Å². The van der Waals surface area contributed by atoms with Crippen LogP contribution in [-0.4, -0.2) is 26.8 Å². The fourth-order valence-corrected chi connectivity index (χ4v) is 2.17. The van der Waals surface area contributed by atoms with Gasteiger partial charge in [-0.2, -0.15) is 0 Å². The van der Waals surface area contributed by atoms with Gasteiger partial charge in [-0.1, -0.05) is 0 Å². The molecule has 0 N–H and O–H groups in total. The number of esters is 1. The van der Waals surface area contributed by atoms with Crippen LogP contribution >= 0.6 is 0 Å². The van der Waals surface area contributed by atoms with Gasteiger partial charge in [0.2, 0.25) is 0 Å². The van der Waals surface area contributed by atoms with E-state index in [0.717, 1.165) is 28.9 Å². The molecule has 1 aromatic carbocycles. The Hall–Kier alpha value is -1.55. The second-order valence-corrected chi connectivity index (χ2v) is 4.04. The molecule has 92 valence electrons. The Balaban J connectivity index is 2.48. The molecule has 1 aliphatic heterocycles. The number of methoxy groups -OCH3 is 2. The standard InChI is InChI=1S/C13H16O4/c1-8-6-9(15-2)7-11-10(8)4-5-17-12(11)13(14)16-3/h6-7,12H,4-5H2,1-3H3. The van der Waals surface area contributed by atoms with Gasteiger partial charge in [0.05, 0.1) is 20.8 Å². The van der Waals surface area contributed by atoms with Crippen molar-refractivity contribution in [2.24, 2.45) is 0 Å². The van der Waals surface area contributed by atoms with Crippen molar-refractivity contribution in [2.45, 2.75) is 19.4 Å². The van der Waals surface area contributed by atoms with Crippen molar-refractivity contribution < 1.29 is 19.0 Å². The fraction of sp³-hybridized carbons (Fsp3) is 0.462. The Bertz CT molecular complexity index is 439. The van der Waals surface area contributed by atoms with Crippen LogP contribution in [0.2, 0.25) is 0 Å². The average molecular weight is 236 g/mol. The Morgan fingerprint density at radius 3 is 2.82 bits per heavy atom. The molecule has 1 unspecified atom stereocenters. The third-order valence-corrected chi connectivity index (χ3v) is 3.05. The zero-order valence-corrected chi connectivity index (χ0v) is 10.3. The van der Waals surface area contributed by atoms with E-state index in [-0.39, 0.29) is 5.97 Å². The minimum Gasteiger partial charge on any atom is -0.497 e. The van der Waals surface area contributed by atoms with Crippen LogP contribution in [0.15, 0.2) is 12.1 Å². The van der Waals surface area contributed by atoms with Crippen LogP contribution in [-0.2, 0) is 20.7 Å². The van der Waals surface area contributed by atoms with Crippen LogP contribution in [0.4, 0.5) is 0 Å². The van der Waals surface area contributed by atoms with Gasteiger partial charge in [-0.25, -0.2) is 4.79 Å². The minimum atomic E-state index is -0.627. The Morgan fingerprint density at radius 2 is 2.18 bits per heavy atom. The van der Waals surface area contributed by atoms with Crippen LogP contribution in [0.25, 0.3) is 0 Å². The van der Waals surface area contributed by atoms with Gasteiger partial charge in [0.25, 0.3) is 0 Å². The van der Waals surface area contributed by atoms with Gasteiger partial charge in [-0.15, -0.1) is 0 Å². The van der Waals surface area contributed by atoms with Gasteiger partial charge in [-0.05, 0) is 42.2 Å². The van der Waals surface area contributed by atoms with E-state index in [1.807, 2.05) is 19.1 Å². The lowest BCUT2D eigenvalue weighted by Crippen LogP contribution is -2.25. The molecule has 0 spiro atoms. The molecule has 0 fully saturated rings. The molecule has 0 saturated carbocycles. The third kappa shape index (κ3) is 2.13. The smallest absolute Gasteiger partial charge is 0.339 e. The van der Waals surface area contributed by atoms with Gasteiger partial charge in [0.15, 0.2) is 6.10 Å². The van der Waals surface area contributed by atoms with Gasteiger partial charge < -0.3 is 14.2 Å². The van der Waals surface area contributed by atoms with E-state index in [4.69, 9.17) is 14.2 Å². The number of carbonyl (C=O) groups excluding carboxylic acids is 1. The molecule has 1 aromatic rings. The molecule has 4 nitrogen and oxygen atoms in total. The number of hydrogen-bond donors (Lipinski definition) is 0. The zero-order chi connectivity index (χ0) is 12.4. The summed E-state index contributed by atoms with van der Waals surface area (Å²) in [6.07, 6.45) is 0.191. The first-order valence-electron chi connectivity index (χ1n) is 5.54. The molecular weight excluding hydrogens is 220 g/mol. The van der Waals surface area contributed by atoms with Crippen LogP contribution < -0.4 is 4.74 Å². The first kappa shape index (κ1) is 11.9.